The van der Waals surface area contributed by atoms with Crippen LogP contribution in [0.5, 0.6) is 0 Å². The molecule has 0 aliphatic heterocycles. The molecule has 0 amide bonds. The van der Waals surface area contributed by atoms with Crippen molar-refractivity contribution in [1.82, 2.24) is 0 Å². The SMILES string of the molecule is FC(F)(F)c1cc(NC=CC=[NH+]c2cc(C(F)(F)F)cc(C(F)(F)F)c2)cc(C(F)(F)F)c1. The zero-order valence-corrected chi connectivity index (χ0v) is 15.7. The predicted octanol–water partition coefficient (Wildman–Crippen LogP) is 6.17. The van der Waals surface area contributed by atoms with Gasteiger partial charge in [-0.2, -0.15) is 52.7 Å². The molecule has 0 fully saturated rings. The Hall–Kier alpha value is -3.19. The molecule has 14 heteroatoms. The summed E-state index contributed by atoms with van der Waals surface area (Å²) >= 11 is 0. The first-order valence-corrected chi connectivity index (χ1v) is 8.48. The molecule has 0 saturated heterocycles. The van der Waals surface area contributed by atoms with Crippen LogP contribution in [-0.2, 0) is 24.7 Å². The third-order valence-corrected chi connectivity index (χ3v) is 3.87. The lowest BCUT2D eigenvalue weighted by atomic mass is 10.1. The molecule has 0 bridgehead atoms. The van der Waals surface area contributed by atoms with E-state index in [-0.39, 0.29) is 12.1 Å². The molecule has 0 unspecified atom stereocenters. The van der Waals surface area contributed by atoms with Crippen molar-refractivity contribution in [3.8, 4) is 0 Å². The van der Waals surface area contributed by atoms with E-state index in [0.717, 1.165) is 18.5 Å². The maximum atomic E-state index is 12.8. The van der Waals surface area contributed by atoms with Crippen molar-refractivity contribution < 1.29 is 57.7 Å². The Labute approximate surface area is 177 Å². The lowest BCUT2D eigenvalue weighted by molar-refractivity contribution is -0.347. The summed E-state index contributed by atoms with van der Waals surface area (Å²) in [6.07, 6.45) is -17.8. The lowest BCUT2D eigenvalue weighted by Crippen LogP contribution is -2.61. The quantitative estimate of drug-likeness (QED) is 0.385. The molecule has 2 aromatic carbocycles. The van der Waals surface area contributed by atoms with Gasteiger partial charge >= 0.3 is 24.7 Å². The standard InChI is InChI=1S/C19H10F12N2/c20-16(21,22)10-4-11(17(23,24)25)7-14(6-10)32-2-1-3-33-15-8-12(18(26,27)28)5-13(9-15)19(29,30)31/h1-9,32H/p+1. The Bertz CT molecular complexity index is 976. The number of halogens is 12. The normalized spacial score (nSPS) is 13.8. The summed E-state index contributed by atoms with van der Waals surface area (Å²) in [5, 5.41) is 2.12. The molecule has 2 nitrogen and oxygen atoms in total. The van der Waals surface area contributed by atoms with E-state index < -0.39 is 58.3 Å². The van der Waals surface area contributed by atoms with Crippen LogP contribution in [0.2, 0.25) is 0 Å². The minimum absolute atomic E-state index is 0.0888. The van der Waals surface area contributed by atoms with E-state index in [9.17, 15) is 52.7 Å². The molecule has 2 N–H and O–H groups in total. The molecule has 0 saturated carbocycles. The van der Waals surface area contributed by atoms with Gasteiger partial charge in [0.2, 0.25) is 5.69 Å². The fourth-order valence-corrected chi connectivity index (χ4v) is 2.41. The van der Waals surface area contributed by atoms with E-state index >= 15 is 0 Å². The van der Waals surface area contributed by atoms with Gasteiger partial charge in [0.25, 0.3) is 0 Å². The van der Waals surface area contributed by atoms with Crippen molar-refractivity contribution in [3.05, 3.63) is 70.9 Å². The topological polar surface area (TPSA) is 26.0 Å². The van der Waals surface area contributed by atoms with Crippen molar-refractivity contribution in [2.24, 2.45) is 0 Å². The summed E-state index contributed by atoms with van der Waals surface area (Å²) < 4.78 is 154. The van der Waals surface area contributed by atoms with Crippen LogP contribution in [0.3, 0.4) is 0 Å². The van der Waals surface area contributed by atoms with Gasteiger partial charge in [-0.25, -0.2) is 4.99 Å². The third-order valence-electron chi connectivity index (χ3n) is 3.87. The summed E-state index contributed by atoms with van der Waals surface area (Å²) in [5.41, 5.74) is -7.56. The fraction of sp³-hybridized carbons (Fsp3) is 0.211. The minimum Gasteiger partial charge on any atom is -0.361 e. The van der Waals surface area contributed by atoms with Gasteiger partial charge in [-0.3, -0.25) is 0 Å². The molecule has 0 aliphatic carbocycles. The molecule has 0 heterocycles. The number of anilines is 1. The van der Waals surface area contributed by atoms with Crippen molar-refractivity contribution >= 4 is 17.6 Å². The average Bonchev–Trinajstić information content (AvgIpc) is 2.64. The average molecular weight is 495 g/mol. The van der Waals surface area contributed by atoms with Gasteiger partial charge in [-0.1, -0.05) is 0 Å². The van der Waals surface area contributed by atoms with Gasteiger partial charge in [0, 0.05) is 30.1 Å². The van der Waals surface area contributed by atoms with Gasteiger partial charge in [-0.15, -0.1) is 0 Å². The Morgan fingerprint density at radius 2 is 0.909 bits per heavy atom. The summed E-state index contributed by atoms with van der Waals surface area (Å²) in [4.78, 5) is 2.12. The summed E-state index contributed by atoms with van der Waals surface area (Å²) in [5.74, 6) is 0. The number of nitrogens with one attached hydrogen (secondary N) is 2. The second-order valence-electron chi connectivity index (χ2n) is 6.40. The predicted molar refractivity (Wildman–Crippen MR) is 92.3 cm³/mol. The molecular formula is C19H11F12N2+. The molecule has 2 rings (SSSR count). The maximum absolute atomic E-state index is 12.8. The highest BCUT2D eigenvalue weighted by Gasteiger charge is 2.38. The highest BCUT2D eigenvalue weighted by Crippen LogP contribution is 2.38. The van der Waals surface area contributed by atoms with Gasteiger partial charge < -0.3 is 5.32 Å². The number of alkyl halides is 12. The second-order valence-corrected chi connectivity index (χ2v) is 6.40. The Balaban J connectivity index is 2.27. The molecule has 0 aliphatic rings. The van der Waals surface area contributed by atoms with Crippen molar-refractivity contribution in [2.45, 2.75) is 24.7 Å². The van der Waals surface area contributed by atoms with E-state index in [1.807, 2.05) is 0 Å². The summed E-state index contributed by atoms with van der Waals surface area (Å²) in [6.45, 7) is 0. The van der Waals surface area contributed by atoms with Crippen LogP contribution in [0.1, 0.15) is 22.3 Å². The van der Waals surface area contributed by atoms with Crippen LogP contribution in [0.25, 0.3) is 0 Å². The first-order chi connectivity index (χ1) is 14.9. The molecule has 2 aromatic rings. The zero-order valence-electron chi connectivity index (χ0n) is 15.7. The first kappa shape index (κ1) is 26.1. The number of rotatable bonds is 4. The van der Waals surface area contributed by atoms with Crippen LogP contribution >= 0.6 is 0 Å². The number of hydrogen-bond donors (Lipinski definition) is 2. The zero-order chi connectivity index (χ0) is 25.2. The molecule has 180 valence electrons. The molecule has 0 aromatic heterocycles. The van der Waals surface area contributed by atoms with Crippen LogP contribution in [0, 0.1) is 0 Å². The van der Waals surface area contributed by atoms with Crippen molar-refractivity contribution in [3.63, 3.8) is 0 Å². The van der Waals surface area contributed by atoms with Crippen molar-refractivity contribution in [2.75, 3.05) is 5.32 Å². The molecule has 0 atom stereocenters. The molecule has 33 heavy (non-hydrogen) atoms. The number of hydrogen-bond acceptors (Lipinski definition) is 1. The van der Waals surface area contributed by atoms with Gasteiger partial charge in [0.1, 0.15) is 0 Å². The Kier molecular flexibility index (Phi) is 7.09. The monoisotopic (exact) mass is 495 g/mol. The van der Waals surface area contributed by atoms with Crippen LogP contribution in [0.15, 0.2) is 48.7 Å². The Morgan fingerprint density at radius 3 is 1.27 bits per heavy atom. The highest BCUT2D eigenvalue weighted by molar-refractivity contribution is 5.67. The smallest absolute Gasteiger partial charge is 0.361 e. The first-order valence-electron chi connectivity index (χ1n) is 8.48. The van der Waals surface area contributed by atoms with Crippen LogP contribution in [0.4, 0.5) is 64.1 Å². The van der Waals surface area contributed by atoms with Crippen LogP contribution < -0.4 is 10.3 Å². The van der Waals surface area contributed by atoms with E-state index in [1.54, 1.807) is 0 Å². The Morgan fingerprint density at radius 1 is 0.545 bits per heavy atom. The third kappa shape index (κ3) is 7.43. The number of allylic oxidation sites excluding steroid dienone is 1. The molecule has 0 spiro atoms. The van der Waals surface area contributed by atoms with Gasteiger partial charge in [0.05, 0.1) is 22.3 Å². The van der Waals surface area contributed by atoms with Gasteiger partial charge in [0.15, 0.2) is 6.21 Å². The van der Waals surface area contributed by atoms with E-state index in [0.29, 0.717) is 24.3 Å². The number of benzene rings is 2. The summed E-state index contributed by atoms with van der Waals surface area (Å²) in [6, 6.07) is 1.36. The summed E-state index contributed by atoms with van der Waals surface area (Å²) in [7, 11) is 0. The van der Waals surface area contributed by atoms with E-state index in [1.165, 1.54) is 0 Å². The van der Waals surface area contributed by atoms with E-state index in [4.69, 9.17) is 0 Å². The minimum atomic E-state index is -5.07. The van der Waals surface area contributed by atoms with Crippen LogP contribution in [-0.4, -0.2) is 6.21 Å². The maximum Gasteiger partial charge on any atom is 0.416 e. The largest absolute Gasteiger partial charge is 0.416 e. The van der Waals surface area contributed by atoms with E-state index in [2.05, 4.69) is 10.3 Å². The van der Waals surface area contributed by atoms with Gasteiger partial charge in [-0.05, 0) is 24.3 Å². The molecular weight excluding hydrogens is 484 g/mol. The van der Waals surface area contributed by atoms with Crippen molar-refractivity contribution in [1.29, 1.82) is 0 Å². The second kappa shape index (κ2) is 8.98. The molecule has 0 radical (unpaired) electrons. The lowest BCUT2D eigenvalue weighted by Gasteiger charge is -2.14. The fourth-order valence-electron chi connectivity index (χ4n) is 2.41. The highest BCUT2D eigenvalue weighted by atomic mass is 19.4.